The third kappa shape index (κ3) is 25.1. The Morgan fingerprint density at radius 1 is 0.445 bits per heavy atom. The summed E-state index contributed by atoms with van der Waals surface area (Å²) < 4.78 is 0. The number of amides is 4. The Balaban J connectivity index is 0.000000166. The van der Waals surface area contributed by atoms with Crippen molar-refractivity contribution in [2.45, 2.75) is 56.8 Å². The minimum Gasteiger partial charge on any atom is -0.383 e. The average Bonchev–Trinajstić information content (AvgIpc) is 1.66. The van der Waals surface area contributed by atoms with Crippen molar-refractivity contribution in [2.24, 2.45) is 21.5 Å². The Hall–Kier alpha value is -12.3. The number of thioether (sulfide) groups is 1. The van der Waals surface area contributed by atoms with Gasteiger partial charge in [0.1, 0.15) is 22.5 Å². The number of benzene rings is 8. The maximum atomic E-state index is 12.7. The van der Waals surface area contributed by atoms with Crippen molar-refractivity contribution in [3.05, 3.63) is 357 Å². The Bertz CT molecular complexity index is 6130. The highest BCUT2D eigenvalue weighted by Gasteiger charge is 2.30. The largest absolute Gasteiger partial charge is 0.383 e. The van der Waals surface area contributed by atoms with Crippen LogP contribution in [0.1, 0.15) is 130 Å². The molecule has 15 aromatic rings. The number of halogens is 4. The SMILES string of the molecule is CSC(=N)c1cccs1.Cl.Cl.Cl.I.NC(=Nc1ccc2[nH]cc(C3CCN(C(=O)c4ccccc4)CC3)c2c1)c1cccs1.NC(=Nc1ccc2[nH]cc(C3CCN(C(=O)c4ccccc4)CC3)c2c1)c1cccs1.O=C(c1ccccc1)N1CC=C(c2c[nH]c3ccc([N+](=O)[O-])cc23)CC1.O=C1CCN(C(=O)c2ccccc2)CC1.O=[N+]([O-])c1ccc2[nH]ccc2c1. The van der Waals surface area contributed by atoms with Crippen LogP contribution in [0.3, 0.4) is 0 Å². The van der Waals surface area contributed by atoms with E-state index in [4.69, 9.17) is 16.9 Å². The zero-order valence-corrected chi connectivity index (χ0v) is 77.6. The maximum absolute atomic E-state index is 12.7. The van der Waals surface area contributed by atoms with E-state index in [1.165, 1.54) is 45.8 Å². The minimum atomic E-state index is -0.396. The predicted octanol–water partition coefficient (Wildman–Crippen LogP) is 22.5. The molecular weight excluding hydrogens is 1870 g/mol. The van der Waals surface area contributed by atoms with E-state index in [-0.39, 0.29) is 107 Å². The van der Waals surface area contributed by atoms with Gasteiger partial charge in [-0.1, -0.05) is 97.1 Å². The number of amidine groups is 2. The van der Waals surface area contributed by atoms with Crippen molar-refractivity contribution in [3.63, 3.8) is 0 Å². The van der Waals surface area contributed by atoms with Gasteiger partial charge in [0.15, 0.2) is 0 Å². The number of fused-ring (bicyclic) bond motifs is 4. The lowest BCUT2D eigenvalue weighted by atomic mass is 9.89. The van der Waals surface area contributed by atoms with Crippen molar-refractivity contribution >= 4 is 225 Å². The van der Waals surface area contributed by atoms with Crippen LogP contribution in [0.4, 0.5) is 22.7 Å². The number of aromatic nitrogens is 4. The number of nitrogens with zero attached hydrogens (tertiary/aromatic N) is 8. The molecule has 0 aliphatic carbocycles. The molecule has 19 rings (SSSR count). The Kier molecular flexibility index (Phi) is 36.3. The zero-order chi connectivity index (χ0) is 86.4. The number of hydrogen-bond donors (Lipinski definition) is 7. The van der Waals surface area contributed by atoms with Crippen molar-refractivity contribution in [3.8, 4) is 0 Å². The first-order valence-electron chi connectivity index (χ1n) is 40.6. The number of ketones is 1. The molecule has 660 valence electrons. The van der Waals surface area contributed by atoms with Crippen LogP contribution in [0.15, 0.2) is 294 Å². The number of carbonyl (C=O) groups is 5. The molecule has 24 nitrogen and oxygen atoms in total. The molecule has 4 aliphatic rings. The first-order chi connectivity index (χ1) is 60.4. The number of Topliss-reactive ketones (excluding diaryl/α,β-unsaturated/α-hetero) is 1. The molecule has 0 radical (unpaired) electrons. The normalized spacial score (nSPS) is 14.0. The fourth-order valence-electron chi connectivity index (χ4n) is 15.4. The number of nitro groups is 2. The van der Waals surface area contributed by atoms with E-state index in [1.54, 1.807) is 81.5 Å². The van der Waals surface area contributed by atoms with Crippen LogP contribution in [0.5, 0.6) is 0 Å². The molecule has 0 spiro atoms. The van der Waals surface area contributed by atoms with E-state index in [1.807, 2.05) is 213 Å². The first-order valence-corrected chi connectivity index (χ1v) is 44.5. The Morgan fingerprint density at radius 2 is 0.828 bits per heavy atom. The standard InChI is InChI=1S/2C25H24N4OS.C20H17N3O3.C12H13NO2.C8H6N2O2.C6H7NS2.3ClH.HI/c2*26-24(23-7-4-14-31-23)28-19-8-9-22-20(15-19)21(16-27-22)17-10-12-29(13-11-17)25(30)18-5-2-1-3-6-18;24-20(15-4-2-1-3-5-15)22-10-8-14(9-11-22)18-13-21-19-7-6-16(23(25)26)12-17(18)19;14-11-6-8-13(9-7-11)12(15)10-4-2-1-3-5-10;11-10(12)7-1-2-8-6(5-7)3-4-9-8;1-8-6(7)5-3-2-4-9-5;;;;/h2*1-9,14-17,27H,10-13H2,(H2,26,28);1-8,12-13,21H,9-11H2;1-5H,6-9H2;1-5,9H;2-4,7H,1H3;4*1H. The Morgan fingerprint density at radius 3 is 1.23 bits per heavy atom. The van der Waals surface area contributed by atoms with Gasteiger partial charge >= 0.3 is 0 Å². The van der Waals surface area contributed by atoms with Gasteiger partial charge in [0.2, 0.25) is 0 Å². The van der Waals surface area contributed by atoms with Crippen molar-refractivity contribution in [1.29, 1.82) is 5.41 Å². The summed E-state index contributed by atoms with van der Waals surface area (Å²) in [4.78, 5) is 114. The molecule has 0 bridgehead atoms. The number of aliphatic imine (C=N–C) groups is 2. The average molecular weight is 1960 g/mol. The summed E-state index contributed by atoms with van der Waals surface area (Å²) in [5.74, 6) is 2.48. The van der Waals surface area contributed by atoms with Crippen molar-refractivity contribution in [1.82, 2.24) is 39.5 Å². The van der Waals surface area contributed by atoms with Gasteiger partial charge in [-0.05, 0) is 204 Å². The van der Waals surface area contributed by atoms with Gasteiger partial charge in [-0.3, -0.25) is 49.6 Å². The van der Waals surface area contributed by atoms with Crippen molar-refractivity contribution < 1.29 is 33.8 Å². The minimum absolute atomic E-state index is 0. The molecule has 4 amide bonds. The molecule has 3 fully saturated rings. The van der Waals surface area contributed by atoms with Crippen LogP contribution in [-0.2, 0) is 4.79 Å². The molecule has 128 heavy (non-hydrogen) atoms. The molecule has 32 heteroatoms. The monoisotopic (exact) mass is 1960 g/mol. The number of nitrogens with two attached hydrogens (primary N) is 2. The number of H-pyrrole nitrogens is 4. The fourth-order valence-corrected chi connectivity index (χ4v) is 17.8. The number of nitrogens with one attached hydrogen (secondary N) is 5. The van der Waals surface area contributed by atoms with E-state index in [0.29, 0.717) is 85.1 Å². The second-order valence-electron chi connectivity index (χ2n) is 29.8. The molecule has 7 aromatic heterocycles. The highest BCUT2D eigenvalue weighted by molar-refractivity contribution is 14.0. The number of hydrogen-bond acceptors (Lipinski definition) is 16. The summed E-state index contributed by atoms with van der Waals surface area (Å²) in [6, 6.07) is 73.1. The number of non-ortho nitro benzene ring substituents is 2. The van der Waals surface area contributed by atoms with Crippen LogP contribution in [-0.4, -0.2) is 154 Å². The first kappa shape index (κ1) is 97.9. The lowest BCUT2D eigenvalue weighted by molar-refractivity contribution is -0.384. The van der Waals surface area contributed by atoms with Crippen LogP contribution < -0.4 is 11.5 Å². The summed E-state index contributed by atoms with van der Waals surface area (Å²) >= 11 is 6.26. The third-order valence-corrected chi connectivity index (χ3v) is 25.4. The highest BCUT2D eigenvalue weighted by atomic mass is 127. The summed E-state index contributed by atoms with van der Waals surface area (Å²) in [6.45, 7) is 5.37. The second kappa shape index (κ2) is 47.5. The van der Waals surface area contributed by atoms with Crippen LogP contribution >= 0.6 is 107 Å². The summed E-state index contributed by atoms with van der Waals surface area (Å²) in [7, 11) is 0. The van der Waals surface area contributed by atoms with E-state index in [9.17, 15) is 44.2 Å². The zero-order valence-electron chi connectivity index (χ0n) is 69.6. The van der Waals surface area contributed by atoms with Gasteiger partial charge in [0.05, 0.1) is 35.9 Å². The summed E-state index contributed by atoms with van der Waals surface area (Å²) in [5.41, 5.74) is 25.9. The van der Waals surface area contributed by atoms with E-state index in [0.717, 1.165) is 133 Å². The molecule has 0 atom stereocenters. The quantitative estimate of drug-likeness (QED) is 0.0176. The molecular formula is C96H95Cl3IN15O9S4. The van der Waals surface area contributed by atoms with Crippen LogP contribution in [0.25, 0.3) is 49.2 Å². The number of carbonyl (C=O) groups excluding carboxylic acids is 5. The van der Waals surface area contributed by atoms with Gasteiger partial charge in [-0.2, -0.15) is 0 Å². The van der Waals surface area contributed by atoms with Crippen LogP contribution in [0, 0.1) is 25.6 Å². The highest BCUT2D eigenvalue weighted by Crippen LogP contribution is 2.39. The number of rotatable bonds is 14. The lowest BCUT2D eigenvalue weighted by Gasteiger charge is -2.32. The molecule has 3 saturated heterocycles. The molecule has 0 unspecified atom stereocenters. The number of piperidine rings is 3. The van der Waals surface area contributed by atoms with Gasteiger partial charge in [0.25, 0.3) is 35.0 Å². The number of likely N-dealkylation sites (tertiary alicyclic amines) is 3. The summed E-state index contributed by atoms with van der Waals surface area (Å²) in [5, 5.41) is 39.5. The molecule has 9 N–H and O–H groups in total. The third-order valence-electron chi connectivity index (χ3n) is 22.0. The summed E-state index contributed by atoms with van der Waals surface area (Å²) in [6.07, 6.45) is 17.3. The number of aromatic amines is 4. The lowest BCUT2D eigenvalue weighted by Crippen LogP contribution is -2.38. The van der Waals surface area contributed by atoms with E-state index < -0.39 is 4.92 Å². The van der Waals surface area contributed by atoms with Crippen molar-refractivity contribution in [2.75, 3.05) is 58.6 Å². The van der Waals surface area contributed by atoms with Crippen LogP contribution in [0.2, 0.25) is 0 Å². The second-order valence-corrected chi connectivity index (χ2v) is 33.4. The van der Waals surface area contributed by atoms with Gasteiger partial charge in [-0.25, -0.2) is 9.98 Å². The van der Waals surface area contributed by atoms with E-state index in [2.05, 4.69) is 66.6 Å². The molecule has 11 heterocycles. The topological polar surface area (TPSA) is 348 Å². The van der Waals surface area contributed by atoms with Gasteiger partial charge in [0, 0.05) is 186 Å². The van der Waals surface area contributed by atoms with Gasteiger partial charge < -0.3 is 51.0 Å². The molecule has 8 aromatic carbocycles. The molecule has 4 aliphatic heterocycles. The van der Waals surface area contributed by atoms with Gasteiger partial charge in [-0.15, -0.1) is 107 Å². The maximum Gasteiger partial charge on any atom is 0.270 e. The number of nitro benzene ring substituents is 2. The smallest absolute Gasteiger partial charge is 0.270 e. The molecule has 0 saturated carbocycles. The number of thiophene rings is 3. The fraction of sp³-hybridized carbons (Fsp3) is 0.188. The van der Waals surface area contributed by atoms with E-state index >= 15 is 0 Å². The Labute approximate surface area is 791 Å². The predicted molar refractivity (Wildman–Crippen MR) is 538 cm³/mol.